The van der Waals surface area contributed by atoms with Crippen molar-refractivity contribution in [3.05, 3.63) is 29.8 Å². The lowest BCUT2D eigenvalue weighted by molar-refractivity contribution is 0.147. The van der Waals surface area contributed by atoms with Gasteiger partial charge in [0.15, 0.2) is 0 Å². The molecular formula is C19H29N3O2. The van der Waals surface area contributed by atoms with Crippen LogP contribution in [0.3, 0.4) is 0 Å². The van der Waals surface area contributed by atoms with Crippen LogP contribution in [0.2, 0.25) is 0 Å². The van der Waals surface area contributed by atoms with Gasteiger partial charge >= 0.3 is 6.03 Å². The molecule has 2 aliphatic carbocycles. The van der Waals surface area contributed by atoms with Crippen LogP contribution in [-0.2, 0) is 0 Å². The number of aliphatic hydroxyl groups is 1. The molecule has 2 saturated carbocycles. The first-order chi connectivity index (χ1) is 11.7. The van der Waals surface area contributed by atoms with Crippen molar-refractivity contribution < 1.29 is 9.90 Å². The van der Waals surface area contributed by atoms with Crippen molar-refractivity contribution in [2.45, 2.75) is 63.6 Å². The summed E-state index contributed by atoms with van der Waals surface area (Å²) in [4.78, 5) is 11.8. The van der Waals surface area contributed by atoms with Gasteiger partial charge in [-0.15, -0.1) is 0 Å². The summed E-state index contributed by atoms with van der Waals surface area (Å²) in [5, 5.41) is 19.0. The number of carbonyl (C=O) groups excluding carboxylic acids is 1. The molecule has 1 aromatic rings. The van der Waals surface area contributed by atoms with Crippen molar-refractivity contribution in [3.8, 4) is 0 Å². The predicted octanol–water partition coefficient (Wildman–Crippen LogP) is 3.17. The third-order valence-electron chi connectivity index (χ3n) is 5.19. The molecule has 0 heterocycles. The van der Waals surface area contributed by atoms with Gasteiger partial charge in [0.05, 0.1) is 0 Å². The van der Waals surface area contributed by atoms with E-state index in [2.05, 4.69) is 35.0 Å². The van der Waals surface area contributed by atoms with Gasteiger partial charge in [-0.05, 0) is 56.2 Å². The first-order valence-electron chi connectivity index (χ1n) is 9.20. The number of nitrogens with one attached hydrogen (secondary N) is 3. The third-order valence-corrected chi connectivity index (χ3v) is 5.19. The van der Waals surface area contributed by atoms with Gasteiger partial charge in [0, 0.05) is 30.4 Å². The van der Waals surface area contributed by atoms with E-state index in [1.165, 1.54) is 18.4 Å². The fraction of sp³-hybridized carbons (Fsp3) is 0.632. The van der Waals surface area contributed by atoms with Crippen molar-refractivity contribution in [2.24, 2.45) is 5.92 Å². The van der Waals surface area contributed by atoms with Crippen LogP contribution in [0.25, 0.3) is 0 Å². The van der Waals surface area contributed by atoms with Gasteiger partial charge < -0.3 is 21.1 Å². The van der Waals surface area contributed by atoms with E-state index in [-0.39, 0.29) is 18.7 Å². The molecule has 2 amide bonds. The molecule has 0 aromatic heterocycles. The van der Waals surface area contributed by atoms with E-state index < -0.39 is 0 Å². The summed E-state index contributed by atoms with van der Waals surface area (Å²) in [5.41, 5.74) is 2.01. The Morgan fingerprint density at radius 3 is 2.54 bits per heavy atom. The Labute approximate surface area is 144 Å². The van der Waals surface area contributed by atoms with Crippen LogP contribution < -0.4 is 16.0 Å². The van der Waals surface area contributed by atoms with E-state index in [0.717, 1.165) is 31.4 Å². The SMILES string of the molecule is CC(NC1CCCCC1CO)c1ccc(NC(=O)NC2CC2)cc1. The summed E-state index contributed by atoms with van der Waals surface area (Å²) in [7, 11) is 0. The second-order valence-corrected chi connectivity index (χ2v) is 7.22. The van der Waals surface area contributed by atoms with E-state index in [1.54, 1.807) is 0 Å². The minimum atomic E-state index is -0.121. The molecule has 5 heteroatoms. The van der Waals surface area contributed by atoms with Gasteiger partial charge in [-0.1, -0.05) is 25.0 Å². The van der Waals surface area contributed by atoms with Crippen molar-refractivity contribution in [1.29, 1.82) is 0 Å². The summed E-state index contributed by atoms with van der Waals surface area (Å²) in [6.45, 7) is 2.43. The monoisotopic (exact) mass is 331 g/mol. The molecule has 0 aliphatic heterocycles. The van der Waals surface area contributed by atoms with Gasteiger partial charge in [-0.3, -0.25) is 0 Å². The minimum Gasteiger partial charge on any atom is -0.396 e. The maximum Gasteiger partial charge on any atom is 0.319 e. The Balaban J connectivity index is 1.52. The third kappa shape index (κ3) is 4.71. The summed E-state index contributed by atoms with van der Waals surface area (Å²) in [5.74, 6) is 0.369. The molecule has 3 unspecified atom stereocenters. The number of anilines is 1. The van der Waals surface area contributed by atoms with Crippen LogP contribution in [0.15, 0.2) is 24.3 Å². The molecule has 2 aliphatic rings. The maximum atomic E-state index is 11.8. The Kier molecular flexibility index (Phi) is 5.74. The van der Waals surface area contributed by atoms with Crippen LogP contribution in [-0.4, -0.2) is 29.8 Å². The zero-order valence-corrected chi connectivity index (χ0v) is 14.4. The highest BCUT2D eigenvalue weighted by Crippen LogP contribution is 2.27. The van der Waals surface area contributed by atoms with Crippen LogP contribution in [0.4, 0.5) is 10.5 Å². The summed E-state index contributed by atoms with van der Waals surface area (Å²) in [6.07, 6.45) is 6.88. The molecule has 5 nitrogen and oxygen atoms in total. The Morgan fingerprint density at radius 2 is 1.88 bits per heavy atom. The average molecular weight is 331 g/mol. The van der Waals surface area contributed by atoms with E-state index >= 15 is 0 Å². The fourth-order valence-electron chi connectivity index (χ4n) is 3.50. The summed E-state index contributed by atoms with van der Waals surface area (Å²) >= 11 is 0. The first-order valence-corrected chi connectivity index (χ1v) is 9.20. The lowest BCUT2D eigenvalue weighted by Crippen LogP contribution is -2.41. The van der Waals surface area contributed by atoms with Crippen molar-refractivity contribution in [2.75, 3.05) is 11.9 Å². The Hall–Kier alpha value is -1.59. The topological polar surface area (TPSA) is 73.4 Å². The zero-order valence-electron chi connectivity index (χ0n) is 14.4. The smallest absolute Gasteiger partial charge is 0.319 e. The molecule has 3 rings (SSSR count). The molecule has 1 aromatic carbocycles. The maximum absolute atomic E-state index is 11.8. The largest absolute Gasteiger partial charge is 0.396 e. The van der Waals surface area contributed by atoms with E-state index in [0.29, 0.717) is 18.0 Å². The fourth-order valence-corrected chi connectivity index (χ4v) is 3.50. The van der Waals surface area contributed by atoms with Gasteiger partial charge in [-0.25, -0.2) is 4.79 Å². The molecule has 0 bridgehead atoms. The second kappa shape index (κ2) is 7.99. The van der Waals surface area contributed by atoms with Crippen LogP contribution >= 0.6 is 0 Å². The minimum absolute atomic E-state index is 0.121. The van der Waals surface area contributed by atoms with Crippen molar-refractivity contribution in [3.63, 3.8) is 0 Å². The van der Waals surface area contributed by atoms with Gasteiger partial charge in [0.1, 0.15) is 0 Å². The normalized spacial score (nSPS) is 25.1. The molecule has 0 radical (unpaired) electrons. The highest BCUT2D eigenvalue weighted by molar-refractivity contribution is 5.89. The Bertz CT molecular complexity index is 542. The number of aliphatic hydroxyl groups excluding tert-OH is 1. The van der Waals surface area contributed by atoms with Crippen LogP contribution in [0.1, 0.15) is 57.1 Å². The van der Waals surface area contributed by atoms with E-state index in [4.69, 9.17) is 0 Å². The van der Waals surface area contributed by atoms with E-state index in [1.807, 2.05) is 12.1 Å². The molecular weight excluding hydrogens is 302 g/mol. The highest BCUT2D eigenvalue weighted by Gasteiger charge is 2.26. The number of amides is 2. The number of hydrogen-bond donors (Lipinski definition) is 4. The number of carbonyl (C=O) groups is 1. The summed E-state index contributed by atoms with van der Waals surface area (Å²) in [6, 6.07) is 8.88. The molecule has 132 valence electrons. The highest BCUT2D eigenvalue weighted by atomic mass is 16.3. The van der Waals surface area contributed by atoms with Gasteiger partial charge in [0.25, 0.3) is 0 Å². The molecule has 2 fully saturated rings. The lowest BCUT2D eigenvalue weighted by atomic mass is 9.84. The number of rotatable bonds is 6. The van der Waals surface area contributed by atoms with Crippen LogP contribution in [0, 0.1) is 5.92 Å². The number of benzene rings is 1. The molecule has 4 N–H and O–H groups in total. The molecule has 0 saturated heterocycles. The van der Waals surface area contributed by atoms with E-state index in [9.17, 15) is 9.90 Å². The number of hydrogen-bond acceptors (Lipinski definition) is 3. The average Bonchev–Trinajstić information content (AvgIpc) is 3.39. The van der Waals surface area contributed by atoms with Crippen LogP contribution in [0.5, 0.6) is 0 Å². The van der Waals surface area contributed by atoms with Crippen molar-refractivity contribution >= 4 is 11.7 Å². The number of urea groups is 1. The van der Waals surface area contributed by atoms with Crippen molar-refractivity contribution in [1.82, 2.24) is 10.6 Å². The zero-order chi connectivity index (χ0) is 16.9. The van der Waals surface area contributed by atoms with Gasteiger partial charge in [-0.2, -0.15) is 0 Å². The second-order valence-electron chi connectivity index (χ2n) is 7.22. The lowest BCUT2D eigenvalue weighted by Gasteiger charge is -2.33. The molecule has 3 atom stereocenters. The predicted molar refractivity (Wildman–Crippen MR) is 96.0 cm³/mol. The standard InChI is InChI=1S/C19H29N3O2/c1-13(20-18-5-3-2-4-15(18)12-23)14-6-8-16(9-7-14)21-19(24)22-17-10-11-17/h6-9,13,15,17-18,20,23H,2-5,10-12H2,1H3,(H2,21,22,24). The van der Waals surface area contributed by atoms with Gasteiger partial charge in [0.2, 0.25) is 0 Å². The summed E-state index contributed by atoms with van der Waals surface area (Å²) < 4.78 is 0. The Morgan fingerprint density at radius 1 is 1.17 bits per heavy atom. The first kappa shape index (κ1) is 17.2. The molecule has 0 spiro atoms. The quantitative estimate of drug-likeness (QED) is 0.647. The molecule has 24 heavy (non-hydrogen) atoms.